The van der Waals surface area contributed by atoms with Crippen molar-refractivity contribution in [3.8, 4) is 0 Å². The van der Waals surface area contributed by atoms with Crippen LogP contribution in [0, 0.1) is 6.92 Å². The Hall–Kier alpha value is -1.44. The van der Waals surface area contributed by atoms with Crippen molar-refractivity contribution in [3.63, 3.8) is 0 Å². The number of carboxylic acid groups (broad SMARTS) is 1. The smallest absolute Gasteiger partial charge is 0.335 e. The highest BCUT2D eigenvalue weighted by Crippen LogP contribution is 2.23. The zero-order chi connectivity index (χ0) is 14.8. The number of carboxylic acids is 1. The van der Waals surface area contributed by atoms with E-state index in [4.69, 9.17) is 10.2 Å². The lowest BCUT2D eigenvalue weighted by Crippen LogP contribution is -2.37. The SMILES string of the molecule is Cc1c(C(=O)O)cccc1S(=O)(=O)N(C)C(C)CO. The van der Waals surface area contributed by atoms with Crippen LogP contribution in [-0.4, -0.2) is 48.6 Å². The highest BCUT2D eigenvalue weighted by molar-refractivity contribution is 7.89. The van der Waals surface area contributed by atoms with Crippen molar-refractivity contribution in [1.82, 2.24) is 4.31 Å². The first kappa shape index (κ1) is 15.6. The molecule has 0 radical (unpaired) electrons. The zero-order valence-corrected chi connectivity index (χ0v) is 11.8. The quantitative estimate of drug-likeness (QED) is 0.831. The number of rotatable bonds is 5. The lowest BCUT2D eigenvalue weighted by atomic mass is 10.1. The number of sulfonamides is 1. The first-order valence-electron chi connectivity index (χ1n) is 5.65. The van der Waals surface area contributed by atoms with Crippen molar-refractivity contribution in [2.75, 3.05) is 13.7 Å². The maximum Gasteiger partial charge on any atom is 0.335 e. The van der Waals surface area contributed by atoms with E-state index in [1.54, 1.807) is 6.92 Å². The molecule has 0 amide bonds. The van der Waals surface area contributed by atoms with Gasteiger partial charge in [0.05, 0.1) is 17.1 Å². The molecule has 0 spiro atoms. The summed E-state index contributed by atoms with van der Waals surface area (Å²) < 4.78 is 25.7. The summed E-state index contributed by atoms with van der Waals surface area (Å²) >= 11 is 0. The van der Waals surface area contributed by atoms with Gasteiger partial charge in [0.2, 0.25) is 10.0 Å². The number of aromatic carboxylic acids is 1. The van der Waals surface area contributed by atoms with Gasteiger partial charge in [0.15, 0.2) is 0 Å². The third kappa shape index (κ3) is 2.94. The molecule has 0 bridgehead atoms. The second-order valence-corrected chi connectivity index (χ2v) is 6.25. The lowest BCUT2D eigenvalue weighted by Gasteiger charge is -2.23. The van der Waals surface area contributed by atoms with Crippen molar-refractivity contribution in [2.45, 2.75) is 24.8 Å². The minimum Gasteiger partial charge on any atom is -0.478 e. The highest BCUT2D eigenvalue weighted by atomic mass is 32.2. The van der Waals surface area contributed by atoms with Crippen LogP contribution >= 0.6 is 0 Å². The summed E-state index contributed by atoms with van der Waals surface area (Å²) in [6, 6.07) is 3.52. The fraction of sp³-hybridized carbons (Fsp3) is 0.417. The van der Waals surface area contributed by atoms with Crippen LogP contribution in [0.1, 0.15) is 22.8 Å². The van der Waals surface area contributed by atoms with Gasteiger partial charge in [0.25, 0.3) is 0 Å². The second kappa shape index (κ2) is 5.68. The average molecular weight is 287 g/mol. The Morgan fingerprint density at radius 1 is 1.42 bits per heavy atom. The van der Waals surface area contributed by atoms with E-state index < -0.39 is 22.0 Å². The van der Waals surface area contributed by atoms with Crippen LogP contribution in [0.25, 0.3) is 0 Å². The largest absolute Gasteiger partial charge is 0.478 e. The maximum atomic E-state index is 12.4. The summed E-state index contributed by atoms with van der Waals surface area (Å²) in [7, 11) is -2.48. The number of benzene rings is 1. The van der Waals surface area contributed by atoms with Gasteiger partial charge in [0.1, 0.15) is 0 Å². The average Bonchev–Trinajstić information content (AvgIpc) is 2.36. The zero-order valence-electron chi connectivity index (χ0n) is 11.0. The van der Waals surface area contributed by atoms with Gasteiger partial charge in [-0.3, -0.25) is 0 Å². The van der Waals surface area contributed by atoms with E-state index in [9.17, 15) is 13.2 Å². The number of aliphatic hydroxyl groups excluding tert-OH is 1. The third-order valence-corrected chi connectivity index (χ3v) is 5.17. The molecule has 0 aliphatic carbocycles. The minimum atomic E-state index is -3.83. The second-order valence-electron chi connectivity index (χ2n) is 4.29. The molecule has 7 heteroatoms. The molecular weight excluding hydrogens is 270 g/mol. The fourth-order valence-corrected chi connectivity index (χ4v) is 3.23. The molecular formula is C12H17NO5S. The minimum absolute atomic E-state index is 0.0499. The predicted octanol–water partition coefficient (Wildman–Crippen LogP) is 0.695. The highest BCUT2D eigenvalue weighted by Gasteiger charge is 2.27. The molecule has 0 saturated heterocycles. The fourth-order valence-electron chi connectivity index (χ4n) is 1.63. The summed E-state index contributed by atoms with van der Waals surface area (Å²) in [5.74, 6) is -1.17. The number of hydrogen-bond acceptors (Lipinski definition) is 4. The summed E-state index contributed by atoms with van der Waals surface area (Å²) in [6.45, 7) is 2.70. The van der Waals surface area contributed by atoms with E-state index in [1.165, 1.54) is 32.2 Å². The van der Waals surface area contributed by atoms with Crippen LogP contribution in [0.15, 0.2) is 23.1 Å². The molecule has 0 aromatic heterocycles. The molecule has 1 unspecified atom stereocenters. The number of nitrogens with zero attached hydrogens (tertiary/aromatic N) is 1. The first-order chi connectivity index (χ1) is 8.73. The van der Waals surface area contributed by atoms with Gasteiger partial charge in [-0.1, -0.05) is 6.07 Å². The Kier molecular flexibility index (Phi) is 4.67. The normalized spacial score (nSPS) is 13.5. The Balaban J connectivity index is 3.38. The standard InChI is InChI=1S/C12H17NO5S/c1-8(7-14)13(3)19(17,18)11-6-4-5-10(9(11)2)12(15)16/h4-6,8,14H,7H2,1-3H3,(H,15,16). The molecule has 19 heavy (non-hydrogen) atoms. The Morgan fingerprint density at radius 2 is 2.00 bits per heavy atom. The Bertz CT molecular complexity index is 582. The molecule has 0 heterocycles. The van der Waals surface area contributed by atoms with Crippen molar-refractivity contribution in [3.05, 3.63) is 29.3 Å². The molecule has 1 aromatic carbocycles. The number of hydrogen-bond donors (Lipinski definition) is 2. The van der Waals surface area contributed by atoms with E-state index >= 15 is 0 Å². The van der Waals surface area contributed by atoms with Crippen LogP contribution in [-0.2, 0) is 10.0 Å². The van der Waals surface area contributed by atoms with Gasteiger partial charge in [-0.2, -0.15) is 4.31 Å². The van der Waals surface area contributed by atoms with Crippen molar-refractivity contribution in [1.29, 1.82) is 0 Å². The summed E-state index contributed by atoms with van der Waals surface area (Å²) in [6.07, 6.45) is 0. The molecule has 2 N–H and O–H groups in total. The molecule has 1 rings (SSSR count). The van der Waals surface area contributed by atoms with Crippen molar-refractivity contribution in [2.24, 2.45) is 0 Å². The molecule has 0 saturated carbocycles. The van der Waals surface area contributed by atoms with E-state index in [0.29, 0.717) is 0 Å². The molecule has 0 aliphatic heterocycles. The van der Waals surface area contributed by atoms with E-state index in [1.807, 2.05) is 0 Å². The van der Waals surface area contributed by atoms with Crippen LogP contribution in [0.3, 0.4) is 0 Å². The molecule has 6 nitrogen and oxygen atoms in total. The monoisotopic (exact) mass is 287 g/mol. The summed E-state index contributed by atoms with van der Waals surface area (Å²) in [5, 5.41) is 18.0. The Morgan fingerprint density at radius 3 is 2.47 bits per heavy atom. The number of aliphatic hydroxyl groups is 1. The lowest BCUT2D eigenvalue weighted by molar-refractivity contribution is 0.0695. The topological polar surface area (TPSA) is 94.9 Å². The van der Waals surface area contributed by atoms with Gasteiger partial charge in [0, 0.05) is 13.1 Å². The van der Waals surface area contributed by atoms with Crippen LogP contribution < -0.4 is 0 Å². The third-order valence-electron chi connectivity index (χ3n) is 3.06. The van der Waals surface area contributed by atoms with E-state index in [-0.39, 0.29) is 22.6 Å². The number of likely N-dealkylation sites (N-methyl/N-ethyl adjacent to an activating group) is 1. The molecule has 1 atom stereocenters. The molecule has 0 fully saturated rings. The first-order valence-corrected chi connectivity index (χ1v) is 7.09. The summed E-state index contributed by atoms with van der Waals surface area (Å²) in [5.41, 5.74) is 0.137. The molecule has 106 valence electrons. The van der Waals surface area contributed by atoms with E-state index in [2.05, 4.69) is 0 Å². The van der Waals surface area contributed by atoms with Gasteiger partial charge < -0.3 is 10.2 Å². The molecule has 1 aromatic rings. The summed E-state index contributed by atoms with van der Waals surface area (Å²) in [4.78, 5) is 11.0. The van der Waals surface area contributed by atoms with Gasteiger partial charge in [-0.05, 0) is 31.5 Å². The Labute approximate surface area is 112 Å². The van der Waals surface area contributed by atoms with Crippen molar-refractivity contribution >= 4 is 16.0 Å². The van der Waals surface area contributed by atoms with Crippen LogP contribution in [0.5, 0.6) is 0 Å². The number of carbonyl (C=O) groups is 1. The van der Waals surface area contributed by atoms with Crippen LogP contribution in [0.4, 0.5) is 0 Å². The van der Waals surface area contributed by atoms with Gasteiger partial charge in [-0.15, -0.1) is 0 Å². The maximum absolute atomic E-state index is 12.4. The van der Waals surface area contributed by atoms with Crippen LogP contribution in [0.2, 0.25) is 0 Å². The molecule has 0 aliphatic rings. The van der Waals surface area contributed by atoms with Gasteiger partial charge in [-0.25, -0.2) is 13.2 Å². The van der Waals surface area contributed by atoms with Crippen molar-refractivity contribution < 1.29 is 23.4 Å². The van der Waals surface area contributed by atoms with E-state index in [0.717, 1.165) is 4.31 Å². The predicted molar refractivity (Wildman–Crippen MR) is 69.6 cm³/mol. The van der Waals surface area contributed by atoms with Gasteiger partial charge >= 0.3 is 5.97 Å².